The molecule has 1 fully saturated rings. The Labute approximate surface area is 119 Å². The Morgan fingerprint density at radius 3 is 2.70 bits per heavy atom. The summed E-state index contributed by atoms with van der Waals surface area (Å²) in [7, 11) is -1.29. The second-order valence-electron chi connectivity index (χ2n) is 4.66. The number of carbonyl (C=O) groups is 1. The number of hydrogen-bond acceptors (Lipinski definition) is 7. The quantitative estimate of drug-likeness (QED) is 0.424. The molecule has 1 N–H and O–H groups in total. The number of carbonyl (C=O) groups excluding carboxylic acids is 1. The van der Waals surface area contributed by atoms with E-state index in [0.717, 1.165) is 6.42 Å². The molecule has 0 aliphatic carbocycles. The van der Waals surface area contributed by atoms with E-state index in [1.54, 1.807) is 7.11 Å². The minimum Gasteiger partial charge on any atom is -0.462 e. The lowest BCUT2D eigenvalue weighted by molar-refractivity contribution is -0.144. The van der Waals surface area contributed by atoms with Crippen LogP contribution in [0.2, 0.25) is 0 Å². The van der Waals surface area contributed by atoms with E-state index in [1.165, 1.54) is 0 Å². The van der Waals surface area contributed by atoms with Crippen LogP contribution >= 0.6 is 0 Å². The van der Waals surface area contributed by atoms with Crippen molar-refractivity contribution in [1.82, 2.24) is 5.32 Å². The van der Waals surface area contributed by atoms with Gasteiger partial charge < -0.3 is 19.5 Å². The maximum atomic E-state index is 11.4. The molecule has 0 aromatic carbocycles. The molecule has 1 unspecified atom stereocenters. The molecule has 1 heterocycles. The molecule has 0 radical (unpaired) electrons. The second kappa shape index (κ2) is 9.28. The van der Waals surface area contributed by atoms with Crippen LogP contribution in [0.5, 0.6) is 0 Å². The SMILES string of the molecule is COCCCOCCOC(=O)CNC1CCS(=O)(=O)C1. The van der Waals surface area contributed by atoms with Crippen LogP contribution in [-0.4, -0.2) is 72.0 Å². The number of nitrogens with one attached hydrogen (secondary N) is 1. The zero-order valence-electron chi connectivity index (χ0n) is 11.8. The van der Waals surface area contributed by atoms with Gasteiger partial charge >= 0.3 is 5.97 Å². The minimum absolute atomic E-state index is 0.0316. The molecule has 1 saturated heterocycles. The van der Waals surface area contributed by atoms with E-state index in [1.807, 2.05) is 0 Å². The van der Waals surface area contributed by atoms with Gasteiger partial charge in [-0.3, -0.25) is 4.79 Å². The first-order valence-corrected chi connectivity index (χ1v) is 8.52. The van der Waals surface area contributed by atoms with Gasteiger partial charge in [-0.05, 0) is 12.8 Å². The molecule has 1 atom stereocenters. The Balaban J connectivity index is 1.96. The van der Waals surface area contributed by atoms with Crippen LogP contribution < -0.4 is 5.32 Å². The van der Waals surface area contributed by atoms with Crippen molar-refractivity contribution < 1.29 is 27.4 Å². The van der Waals surface area contributed by atoms with Gasteiger partial charge in [-0.25, -0.2) is 8.42 Å². The summed E-state index contributed by atoms with van der Waals surface area (Å²) in [5.41, 5.74) is 0. The predicted molar refractivity (Wildman–Crippen MR) is 73.3 cm³/mol. The summed E-state index contributed by atoms with van der Waals surface area (Å²) in [5.74, 6) is -0.104. The van der Waals surface area contributed by atoms with Crippen LogP contribution in [-0.2, 0) is 28.8 Å². The molecule has 0 spiro atoms. The molecule has 8 heteroatoms. The van der Waals surface area contributed by atoms with Crippen molar-refractivity contribution in [2.24, 2.45) is 0 Å². The second-order valence-corrected chi connectivity index (χ2v) is 6.89. The zero-order chi connectivity index (χ0) is 14.8. The van der Waals surface area contributed by atoms with Crippen molar-refractivity contribution in [3.63, 3.8) is 0 Å². The van der Waals surface area contributed by atoms with E-state index in [0.29, 0.717) is 26.2 Å². The summed E-state index contributed by atoms with van der Waals surface area (Å²) in [4.78, 5) is 11.4. The Kier molecular flexibility index (Phi) is 8.05. The Bertz CT molecular complexity index is 383. The number of methoxy groups -OCH3 is 1. The summed E-state index contributed by atoms with van der Waals surface area (Å²) in [5, 5.41) is 2.89. The molecule has 1 rings (SSSR count). The third-order valence-electron chi connectivity index (χ3n) is 2.90. The molecular weight excluding hydrogens is 286 g/mol. The molecule has 0 aromatic rings. The first-order valence-electron chi connectivity index (χ1n) is 6.69. The monoisotopic (exact) mass is 309 g/mol. The third kappa shape index (κ3) is 7.78. The lowest BCUT2D eigenvalue weighted by atomic mass is 10.3. The van der Waals surface area contributed by atoms with Crippen LogP contribution in [0, 0.1) is 0 Å². The average molecular weight is 309 g/mol. The van der Waals surface area contributed by atoms with Gasteiger partial charge in [-0.2, -0.15) is 0 Å². The van der Waals surface area contributed by atoms with Crippen molar-refractivity contribution >= 4 is 15.8 Å². The highest BCUT2D eigenvalue weighted by atomic mass is 32.2. The standard InChI is InChI=1S/C12H23NO6S/c1-17-4-2-5-18-6-7-19-12(14)9-13-11-3-8-20(15,16)10-11/h11,13H,2-10H2,1H3. The van der Waals surface area contributed by atoms with Crippen LogP contribution in [0.15, 0.2) is 0 Å². The predicted octanol–water partition coefficient (Wildman–Crippen LogP) is -0.641. The summed E-state index contributed by atoms with van der Waals surface area (Å²) in [6.07, 6.45) is 1.36. The number of sulfone groups is 1. The molecule has 1 aliphatic heterocycles. The van der Waals surface area contributed by atoms with E-state index >= 15 is 0 Å². The third-order valence-corrected chi connectivity index (χ3v) is 4.66. The van der Waals surface area contributed by atoms with Crippen LogP contribution in [0.3, 0.4) is 0 Å². The molecule has 0 bridgehead atoms. The van der Waals surface area contributed by atoms with Gasteiger partial charge in [0.2, 0.25) is 0 Å². The minimum atomic E-state index is -2.92. The van der Waals surface area contributed by atoms with E-state index in [2.05, 4.69) is 5.32 Å². The lowest BCUT2D eigenvalue weighted by Gasteiger charge is -2.10. The van der Waals surface area contributed by atoms with Crippen LogP contribution in [0.4, 0.5) is 0 Å². The highest BCUT2D eigenvalue weighted by Gasteiger charge is 2.27. The summed E-state index contributed by atoms with van der Waals surface area (Å²) >= 11 is 0. The number of esters is 1. The molecule has 0 saturated carbocycles. The first-order chi connectivity index (χ1) is 9.53. The Morgan fingerprint density at radius 1 is 1.25 bits per heavy atom. The highest BCUT2D eigenvalue weighted by molar-refractivity contribution is 7.91. The normalized spacial score (nSPS) is 20.9. The number of ether oxygens (including phenoxy) is 3. The fourth-order valence-electron chi connectivity index (χ4n) is 1.86. The number of rotatable bonds is 10. The summed E-state index contributed by atoms with van der Waals surface area (Å²) in [6.45, 7) is 1.81. The van der Waals surface area contributed by atoms with Crippen molar-refractivity contribution in [3.05, 3.63) is 0 Å². The van der Waals surface area contributed by atoms with Gasteiger partial charge in [-0.1, -0.05) is 0 Å². The molecule has 0 aromatic heterocycles. The van der Waals surface area contributed by atoms with Crippen molar-refractivity contribution in [2.75, 3.05) is 51.6 Å². The highest BCUT2D eigenvalue weighted by Crippen LogP contribution is 2.10. The largest absolute Gasteiger partial charge is 0.462 e. The average Bonchev–Trinajstić information content (AvgIpc) is 2.75. The van der Waals surface area contributed by atoms with Gasteiger partial charge in [0, 0.05) is 26.4 Å². The van der Waals surface area contributed by atoms with Crippen molar-refractivity contribution in [2.45, 2.75) is 18.9 Å². The molecule has 0 amide bonds. The first kappa shape index (κ1) is 17.4. The van der Waals surface area contributed by atoms with Gasteiger partial charge in [0.05, 0.1) is 24.7 Å². The molecular formula is C12H23NO6S. The topological polar surface area (TPSA) is 90.9 Å². The molecule has 20 heavy (non-hydrogen) atoms. The maximum absolute atomic E-state index is 11.4. The van der Waals surface area contributed by atoms with Gasteiger partial charge in [0.15, 0.2) is 9.84 Å². The maximum Gasteiger partial charge on any atom is 0.320 e. The summed E-state index contributed by atoms with van der Waals surface area (Å²) < 4.78 is 37.5. The van der Waals surface area contributed by atoms with E-state index in [-0.39, 0.29) is 30.7 Å². The van der Waals surface area contributed by atoms with Crippen LogP contribution in [0.1, 0.15) is 12.8 Å². The Morgan fingerprint density at radius 2 is 2.05 bits per heavy atom. The van der Waals surface area contributed by atoms with Gasteiger partial charge in [-0.15, -0.1) is 0 Å². The Hall–Kier alpha value is -0.700. The fraction of sp³-hybridized carbons (Fsp3) is 0.917. The molecule has 1 aliphatic rings. The van der Waals surface area contributed by atoms with Gasteiger partial charge in [0.25, 0.3) is 0 Å². The summed E-state index contributed by atoms with van der Waals surface area (Å²) in [6, 6.07) is -0.141. The van der Waals surface area contributed by atoms with Gasteiger partial charge in [0.1, 0.15) is 6.61 Å². The van der Waals surface area contributed by atoms with Crippen LogP contribution in [0.25, 0.3) is 0 Å². The van der Waals surface area contributed by atoms with E-state index in [9.17, 15) is 13.2 Å². The van der Waals surface area contributed by atoms with E-state index < -0.39 is 15.8 Å². The smallest absolute Gasteiger partial charge is 0.320 e. The van der Waals surface area contributed by atoms with Crippen molar-refractivity contribution in [3.8, 4) is 0 Å². The zero-order valence-corrected chi connectivity index (χ0v) is 12.6. The molecule has 118 valence electrons. The van der Waals surface area contributed by atoms with E-state index in [4.69, 9.17) is 14.2 Å². The fourth-order valence-corrected chi connectivity index (χ4v) is 3.56. The lowest BCUT2D eigenvalue weighted by Crippen LogP contribution is -2.35. The number of hydrogen-bond donors (Lipinski definition) is 1. The van der Waals surface area contributed by atoms with Crippen molar-refractivity contribution in [1.29, 1.82) is 0 Å². The molecule has 7 nitrogen and oxygen atoms in total.